The molecule has 0 aliphatic heterocycles. The maximum atomic E-state index is 13.0. The van der Waals surface area contributed by atoms with E-state index in [1.807, 2.05) is 29.9 Å². The van der Waals surface area contributed by atoms with E-state index in [2.05, 4.69) is 20.4 Å². The second kappa shape index (κ2) is 8.91. The second-order valence-corrected chi connectivity index (χ2v) is 7.25. The fraction of sp³-hybridized carbons (Fsp3) is 0.217. The monoisotopic (exact) mass is 419 g/mol. The lowest BCUT2D eigenvalue weighted by atomic mass is 10.2. The molecule has 1 N–H and O–H groups in total. The summed E-state index contributed by atoms with van der Waals surface area (Å²) in [5.74, 6) is 0.171. The van der Waals surface area contributed by atoms with Crippen molar-refractivity contribution in [1.29, 1.82) is 0 Å². The van der Waals surface area contributed by atoms with Gasteiger partial charge in [0.1, 0.15) is 12.4 Å². The third kappa shape index (κ3) is 4.85. The van der Waals surface area contributed by atoms with Crippen LogP contribution in [0.1, 0.15) is 22.4 Å². The summed E-state index contributed by atoms with van der Waals surface area (Å²) >= 11 is 0. The van der Waals surface area contributed by atoms with Crippen LogP contribution in [0.5, 0.6) is 5.88 Å². The molecular formula is C23H22FN5O2. The summed E-state index contributed by atoms with van der Waals surface area (Å²) in [6.45, 7) is 2.78. The van der Waals surface area contributed by atoms with Gasteiger partial charge >= 0.3 is 0 Å². The molecule has 0 saturated heterocycles. The minimum absolute atomic E-state index is 0.0937. The standard InChI is InChI=1S/C23H22FN5O2/c1-15-9-17(11-27-23(15)31-14-16-3-5-18(24)6-4-16)12-29-13-19-20(28-29)7-8-26-21(19)10-22(30)25-2/h3-9,11,13H,10,12,14H2,1-2H3,(H,25,30). The zero-order valence-electron chi connectivity index (χ0n) is 17.3. The van der Waals surface area contributed by atoms with Crippen LogP contribution in [0.4, 0.5) is 4.39 Å². The van der Waals surface area contributed by atoms with E-state index in [0.29, 0.717) is 24.7 Å². The van der Waals surface area contributed by atoms with Gasteiger partial charge < -0.3 is 10.1 Å². The van der Waals surface area contributed by atoms with Gasteiger partial charge in [-0.1, -0.05) is 12.1 Å². The first-order valence-corrected chi connectivity index (χ1v) is 9.86. The van der Waals surface area contributed by atoms with Crippen LogP contribution >= 0.6 is 0 Å². The van der Waals surface area contributed by atoms with Crippen molar-refractivity contribution in [1.82, 2.24) is 25.1 Å². The number of amides is 1. The first-order chi connectivity index (χ1) is 15.0. The van der Waals surface area contributed by atoms with Crippen LogP contribution < -0.4 is 10.1 Å². The molecule has 0 atom stereocenters. The molecule has 31 heavy (non-hydrogen) atoms. The summed E-state index contributed by atoms with van der Waals surface area (Å²) in [5.41, 5.74) is 4.23. The lowest BCUT2D eigenvalue weighted by molar-refractivity contribution is -0.119. The van der Waals surface area contributed by atoms with Gasteiger partial charge in [0.15, 0.2) is 0 Å². The average molecular weight is 419 g/mol. The molecule has 3 aromatic heterocycles. The van der Waals surface area contributed by atoms with Crippen LogP contribution in [-0.2, 0) is 24.4 Å². The number of aromatic nitrogens is 4. The quantitative estimate of drug-likeness (QED) is 0.498. The van der Waals surface area contributed by atoms with Gasteiger partial charge in [-0.15, -0.1) is 0 Å². The number of hydrogen-bond donors (Lipinski definition) is 1. The van der Waals surface area contributed by atoms with E-state index < -0.39 is 0 Å². The first kappa shape index (κ1) is 20.5. The Balaban J connectivity index is 1.47. The van der Waals surface area contributed by atoms with Crippen molar-refractivity contribution in [3.05, 3.63) is 83.2 Å². The molecule has 8 heteroatoms. The van der Waals surface area contributed by atoms with E-state index in [1.54, 1.807) is 31.6 Å². The number of ether oxygens (including phenoxy) is 1. The Morgan fingerprint density at radius 3 is 2.71 bits per heavy atom. The Morgan fingerprint density at radius 2 is 1.97 bits per heavy atom. The molecule has 7 nitrogen and oxygen atoms in total. The van der Waals surface area contributed by atoms with Crippen LogP contribution in [0, 0.1) is 12.7 Å². The average Bonchev–Trinajstić information content (AvgIpc) is 3.17. The first-order valence-electron chi connectivity index (χ1n) is 9.86. The van der Waals surface area contributed by atoms with Crippen molar-refractivity contribution in [3.63, 3.8) is 0 Å². The SMILES string of the molecule is CNC(=O)Cc1nccc2nn(Cc3cnc(OCc4ccc(F)cc4)c(C)c3)cc12. The van der Waals surface area contributed by atoms with Crippen molar-refractivity contribution in [3.8, 4) is 5.88 Å². The van der Waals surface area contributed by atoms with E-state index >= 15 is 0 Å². The van der Waals surface area contributed by atoms with E-state index in [-0.39, 0.29) is 18.1 Å². The highest BCUT2D eigenvalue weighted by atomic mass is 19.1. The maximum Gasteiger partial charge on any atom is 0.225 e. The fourth-order valence-electron chi connectivity index (χ4n) is 3.29. The molecule has 0 saturated carbocycles. The van der Waals surface area contributed by atoms with Crippen molar-refractivity contribution in [2.24, 2.45) is 0 Å². The lowest BCUT2D eigenvalue weighted by Crippen LogP contribution is -2.20. The molecule has 1 aromatic carbocycles. The summed E-state index contributed by atoms with van der Waals surface area (Å²) in [4.78, 5) is 20.5. The Kier molecular flexibility index (Phi) is 5.88. The smallest absolute Gasteiger partial charge is 0.225 e. The number of nitrogens with one attached hydrogen (secondary N) is 1. The van der Waals surface area contributed by atoms with Crippen molar-refractivity contribution in [2.45, 2.75) is 26.5 Å². The van der Waals surface area contributed by atoms with Gasteiger partial charge in [-0.25, -0.2) is 9.37 Å². The van der Waals surface area contributed by atoms with E-state index in [1.165, 1.54) is 12.1 Å². The van der Waals surface area contributed by atoms with Crippen LogP contribution in [0.15, 0.2) is 55.0 Å². The second-order valence-electron chi connectivity index (χ2n) is 7.25. The van der Waals surface area contributed by atoms with Gasteiger partial charge in [-0.2, -0.15) is 5.10 Å². The molecule has 0 bridgehead atoms. The molecule has 4 aromatic rings. The number of rotatable bonds is 7. The number of halogens is 1. The molecule has 3 heterocycles. The van der Waals surface area contributed by atoms with Gasteiger partial charge in [-0.3, -0.25) is 14.5 Å². The van der Waals surface area contributed by atoms with Gasteiger partial charge in [0.2, 0.25) is 11.8 Å². The Morgan fingerprint density at radius 1 is 1.16 bits per heavy atom. The van der Waals surface area contributed by atoms with Crippen LogP contribution in [0.25, 0.3) is 10.9 Å². The number of fused-ring (bicyclic) bond motifs is 1. The van der Waals surface area contributed by atoms with Gasteiger partial charge in [-0.05, 0) is 42.3 Å². The number of hydrogen-bond acceptors (Lipinski definition) is 5. The highest BCUT2D eigenvalue weighted by Gasteiger charge is 2.11. The molecule has 158 valence electrons. The summed E-state index contributed by atoms with van der Waals surface area (Å²) in [6, 6.07) is 10.0. The normalized spacial score (nSPS) is 10.9. The minimum Gasteiger partial charge on any atom is -0.473 e. The molecule has 0 spiro atoms. The van der Waals surface area contributed by atoms with Gasteiger partial charge in [0.25, 0.3) is 0 Å². The third-order valence-electron chi connectivity index (χ3n) is 4.89. The zero-order chi connectivity index (χ0) is 21.8. The van der Waals surface area contributed by atoms with E-state index in [4.69, 9.17) is 4.74 Å². The van der Waals surface area contributed by atoms with E-state index in [9.17, 15) is 9.18 Å². The van der Waals surface area contributed by atoms with Crippen molar-refractivity contribution < 1.29 is 13.9 Å². The molecular weight excluding hydrogens is 397 g/mol. The fourth-order valence-corrected chi connectivity index (χ4v) is 3.29. The summed E-state index contributed by atoms with van der Waals surface area (Å²) in [6.07, 6.45) is 5.52. The van der Waals surface area contributed by atoms with Crippen LogP contribution in [0.2, 0.25) is 0 Å². The third-order valence-corrected chi connectivity index (χ3v) is 4.89. The number of carbonyl (C=O) groups is 1. The number of likely N-dealkylation sites (N-methyl/N-ethyl adjacent to an activating group) is 1. The van der Waals surface area contributed by atoms with Crippen molar-refractivity contribution in [2.75, 3.05) is 7.05 Å². The lowest BCUT2D eigenvalue weighted by Gasteiger charge is -2.10. The molecule has 0 unspecified atom stereocenters. The zero-order valence-corrected chi connectivity index (χ0v) is 17.3. The Bertz CT molecular complexity index is 1220. The Hall–Kier alpha value is -3.81. The molecule has 0 radical (unpaired) electrons. The molecule has 4 rings (SSSR count). The van der Waals surface area contributed by atoms with Gasteiger partial charge in [0.05, 0.1) is 24.2 Å². The number of benzene rings is 1. The topological polar surface area (TPSA) is 81.9 Å². The number of pyridine rings is 2. The summed E-state index contributed by atoms with van der Waals surface area (Å²) < 4.78 is 20.6. The van der Waals surface area contributed by atoms with Crippen molar-refractivity contribution >= 4 is 16.8 Å². The number of aryl methyl sites for hydroxylation is 1. The highest BCUT2D eigenvalue weighted by Crippen LogP contribution is 2.20. The minimum atomic E-state index is -0.273. The van der Waals surface area contributed by atoms with Crippen LogP contribution in [0.3, 0.4) is 0 Å². The highest BCUT2D eigenvalue weighted by molar-refractivity contribution is 5.86. The predicted octanol–water partition coefficient (Wildman–Crippen LogP) is 3.19. The number of carbonyl (C=O) groups excluding carboxylic acids is 1. The summed E-state index contributed by atoms with van der Waals surface area (Å²) in [5, 5.41) is 8.07. The summed E-state index contributed by atoms with van der Waals surface area (Å²) in [7, 11) is 1.61. The van der Waals surface area contributed by atoms with Gasteiger partial charge in [0, 0.05) is 36.6 Å². The Labute approximate surface area is 178 Å². The molecule has 0 aliphatic carbocycles. The number of nitrogens with zero attached hydrogens (tertiary/aromatic N) is 4. The largest absolute Gasteiger partial charge is 0.473 e. The molecule has 0 fully saturated rings. The maximum absolute atomic E-state index is 13.0. The molecule has 0 aliphatic rings. The molecule has 1 amide bonds. The predicted molar refractivity (Wildman–Crippen MR) is 114 cm³/mol. The van der Waals surface area contributed by atoms with Crippen LogP contribution in [-0.4, -0.2) is 32.7 Å². The van der Waals surface area contributed by atoms with E-state index in [0.717, 1.165) is 27.6 Å².